The third kappa shape index (κ3) is 3.69. The summed E-state index contributed by atoms with van der Waals surface area (Å²) in [5.41, 5.74) is 3.16. The van der Waals surface area contributed by atoms with Crippen molar-refractivity contribution >= 4 is 11.6 Å². The predicted octanol–water partition coefficient (Wildman–Crippen LogP) is 4.68. The minimum absolute atomic E-state index is 0.0581. The first-order valence-electron chi connectivity index (χ1n) is 6.95. The van der Waals surface area contributed by atoms with Gasteiger partial charge in [-0.1, -0.05) is 32.9 Å². The lowest BCUT2D eigenvalue weighted by atomic mass is 9.87. The molecule has 2 nitrogen and oxygen atoms in total. The molecule has 0 radical (unpaired) electrons. The van der Waals surface area contributed by atoms with Gasteiger partial charge in [-0.05, 0) is 53.8 Å². The summed E-state index contributed by atoms with van der Waals surface area (Å²) in [6.45, 7) is 8.15. The average molecular weight is 285 g/mol. The normalized spacial score (nSPS) is 11.3. The van der Waals surface area contributed by atoms with Crippen molar-refractivity contribution in [2.75, 3.05) is 5.32 Å². The van der Waals surface area contributed by atoms with E-state index in [1.54, 1.807) is 13.0 Å². The standard InChI is InChI=1S/C18H20FNO/c1-12-11-15(19)9-10-16(12)20-17(21)13-5-7-14(8-6-13)18(2,3)4/h5-11H,1-4H3,(H,20,21). The Kier molecular flexibility index (Phi) is 4.12. The molecule has 0 heterocycles. The van der Waals surface area contributed by atoms with Crippen LogP contribution in [0.5, 0.6) is 0 Å². The van der Waals surface area contributed by atoms with E-state index in [1.807, 2.05) is 24.3 Å². The Hall–Kier alpha value is -2.16. The van der Waals surface area contributed by atoms with E-state index in [9.17, 15) is 9.18 Å². The van der Waals surface area contributed by atoms with Crippen LogP contribution in [-0.2, 0) is 5.41 Å². The number of hydrogen-bond acceptors (Lipinski definition) is 1. The molecule has 0 aromatic heterocycles. The van der Waals surface area contributed by atoms with Gasteiger partial charge in [0.2, 0.25) is 0 Å². The highest BCUT2D eigenvalue weighted by Crippen LogP contribution is 2.23. The molecule has 0 saturated carbocycles. The van der Waals surface area contributed by atoms with Crippen LogP contribution in [0, 0.1) is 12.7 Å². The van der Waals surface area contributed by atoms with E-state index in [0.29, 0.717) is 16.8 Å². The number of aryl methyl sites for hydroxylation is 1. The maximum atomic E-state index is 13.1. The Morgan fingerprint density at radius 1 is 1.05 bits per heavy atom. The number of rotatable bonds is 2. The fourth-order valence-electron chi connectivity index (χ4n) is 2.08. The Bertz CT molecular complexity index is 654. The van der Waals surface area contributed by atoms with Crippen LogP contribution >= 0.6 is 0 Å². The van der Waals surface area contributed by atoms with Gasteiger partial charge in [0.05, 0.1) is 0 Å². The molecule has 110 valence electrons. The molecule has 21 heavy (non-hydrogen) atoms. The van der Waals surface area contributed by atoms with Crippen molar-refractivity contribution in [3.05, 3.63) is 65.0 Å². The summed E-state index contributed by atoms with van der Waals surface area (Å²) in [5.74, 6) is -0.495. The van der Waals surface area contributed by atoms with Gasteiger partial charge in [-0.2, -0.15) is 0 Å². The van der Waals surface area contributed by atoms with Crippen molar-refractivity contribution in [3.8, 4) is 0 Å². The molecule has 2 aromatic carbocycles. The molecular formula is C18H20FNO. The minimum atomic E-state index is -0.306. The van der Waals surface area contributed by atoms with E-state index < -0.39 is 0 Å². The molecule has 0 fully saturated rings. The molecule has 0 saturated heterocycles. The lowest BCUT2D eigenvalue weighted by Crippen LogP contribution is -2.14. The van der Waals surface area contributed by atoms with Gasteiger partial charge in [0.15, 0.2) is 0 Å². The maximum Gasteiger partial charge on any atom is 0.255 e. The highest BCUT2D eigenvalue weighted by Gasteiger charge is 2.14. The smallest absolute Gasteiger partial charge is 0.255 e. The second kappa shape index (κ2) is 5.68. The zero-order valence-electron chi connectivity index (χ0n) is 12.8. The van der Waals surface area contributed by atoms with Crippen molar-refractivity contribution in [2.24, 2.45) is 0 Å². The van der Waals surface area contributed by atoms with Gasteiger partial charge in [0.1, 0.15) is 5.82 Å². The van der Waals surface area contributed by atoms with Gasteiger partial charge in [-0.3, -0.25) is 4.79 Å². The summed E-state index contributed by atoms with van der Waals surface area (Å²) in [7, 11) is 0. The summed E-state index contributed by atoms with van der Waals surface area (Å²) in [4.78, 5) is 12.2. The molecule has 3 heteroatoms. The van der Waals surface area contributed by atoms with Gasteiger partial charge >= 0.3 is 0 Å². The Morgan fingerprint density at radius 3 is 2.19 bits per heavy atom. The van der Waals surface area contributed by atoms with E-state index in [1.165, 1.54) is 17.7 Å². The fraction of sp³-hybridized carbons (Fsp3) is 0.278. The van der Waals surface area contributed by atoms with E-state index in [-0.39, 0.29) is 17.1 Å². The largest absolute Gasteiger partial charge is 0.322 e. The van der Waals surface area contributed by atoms with Crippen molar-refractivity contribution in [2.45, 2.75) is 33.1 Å². The monoisotopic (exact) mass is 285 g/mol. The highest BCUT2D eigenvalue weighted by molar-refractivity contribution is 6.04. The average Bonchev–Trinajstić information content (AvgIpc) is 2.41. The number of carbonyl (C=O) groups is 1. The molecule has 0 spiro atoms. The number of anilines is 1. The van der Waals surface area contributed by atoms with Crippen LogP contribution in [0.2, 0.25) is 0 Å². The molecule has 0 atom stereocenters. The quantitative estimate of drug-likeness (QED) is 0.852. The van der Waals surface area contributed by atoms with Crippen molar-refractivity contribution in [1.82, 2.24) is 0 Å². The molecular weight excluding hydrogens is 265 g/mol. The first-order valence-corrected chi connectivity index (χ1v) is 6.95. The molecule has 0 bridgehead atoms. The van der Waals surface area contributed by atoms with E-state index in [0.717, 1.165) is 0 Å². The van der Waals surface area contributed by atoms with Crippen LogP contribution in [0.3, 0.4) is 0 Å². The Morgan fingerprint density at radius 2 is 1.67 bits per heavy atom. The molecule has 1 amide bonds. The number of amides is 1. The van der Waals surface area contributed by atoms with Crippen LogP contribution in [0.1, 0.15) is 42.3 Å². The second-order valence-electron chi connectivity index (χ2n) is 6.24. The van der Waals surface area contributed by atoms with Crippen LogP contribution in [-0.4, -0.2) is 5.91 Å². The third-order valence-corrected chi connectivity index (χ3v) is 3.45. The SMILES string of the molecule is Cc1cc(F)ccc1NC(=O)c1ccc(C(C)(C)C)cc1. The summed E-state index contributed by atoms with van der Waals surface area (Å²) in [6, 6.07) is 11.9. The summed E-state index contributed by atoms with van der Waals surface area (Å²) >= 11 is 0. The predicted molar refractivity (Wildman–Crippen MR) is 84.2 cm³/mol. The van der Waals surface area contributed by atoms with E-state index in [4.69, 9.17) is 0 Å². The lowest BCUT2D eigenvalue weighted by molar-refractivity contribution is 0.102. The van der Waals surface area contributed by atoms with Crippen LogP contribution in [0.4, 0.5) is 10.1 Å². The van der Waals surface area contributed by atoms with Crippen LogP contribution in [0.15, 0.2) is 42.5 Å². The Labute approximate surface area is 125 Å². The van der Waals surface area contributed by atoms with Crippen molar-refractivity contribution in [1.29, 1.82) is 0 Å². The molecule has 1 N–H and O–H groups in total. The summed E-state index contributed by atoms with van der Waals surface area (Å²) in [5, 5.41) is 2.81. The van der Waals surface area contributed by atoms with E-state index >= 15 is 0 Å². The summed E-state index contributed by atoms with van der Waals surface area (Å²) in [6.07, 6.45) is 0. The topological polar surface area (TPSA) is 29.1 Å². The van der Waals surface area contributed by atoms with Gasteiger partial charge in [-0.15, -0.1) is 0 Å². The number of benzene rings is 2. The zero-order chi connectivity index (χ0) is 15.6. The molecule has 2 rings (SSSR count). The molecule has 2 aromatic rings. The van der Waals surface area contributed by atoms with Crippen molar-refractivity contribution in [3.63, 3.8) is 0 Å². The van der Waals surface area contributed by atoms with Crippen molar-refractivity contribution < 1.29 is 9.18 Å². The second-order valence-corrected chi connectivity index (χ2v) is 6.24. The van der Waals surface area contributed by atoms with Gasteiger partial charge < -0.3 is 5.32 Å². The number of nitrogens with one attached hydrogen (secondary N) is 1. The number of carbonyl (C=O) groups excluding carboxylic acids is 1. The molecule has 0 aliphatic rings. The molecule has 0 aliphatic carbocycles. The first kappa shape index (κ1) is 15.2. The van der Waals surface area contributed by atoms with E-state index in [2.05, 4.69) is 26.1 Å². The maximum absolute atomic E-state index is 13.1. The highest BCUT2D eigenvalue weighted by atomic mass is 19.1. The first-order chi connectivity index (χ1) is 9.77. The number of halogens is 1. The van der Waals surface area contributed by atoms with Crippen LogP contribution in [0.25, 0.3) is 0 Å². The number of hydrogen-bond donors (Lipinski definition) is 1. The summed E-state index contributed by atoms with van der Waals surface area (Å²) < 4.78 is 13.1. The lowest BCUT2D eigenvalue weighted by Gasteiger charge is -2.19. The fourth-order valence-corrected chi connectivity index (χ4v) is 2.08. The Balaban J connectivity index is 2.17. The van der Waals surface area contributed by atoms with Gasteiger partial charge in [-0.25, -0.2) is 4.39 Å². The zero-order valence-corrected chi connectivity index (χ0v) is 12.8. The van der Waals surface area contributed by atoms with Gasteiger partial charge in [0.25, 0.3) is 5.91 Å². The third-order valence-electron chi connectivity index (χ3n) is 3.45. The molecule has 0 aliphatic heterocycles. The van der Waals surface area contributed by atoms with Gasteiger partial charge in [0, 0.05) is 11.3 Å². The minimum Gasteiger partial charge on any atom is -0.322 e. The van der Waals surface area contributed by atoms with Crippen LogP contribution < -0.4 is 5.32 Å². The molecule has 0 unspecified atom stereocenters.